The molecule has 0 saturated heterocycles. The second-order valence-electron chi connectivity index (χ2n) is 13.6. The number of halogens is 1. The molecular weight excluding hydrogens is 584 g/mol. The third kappa shape index (κ3) is 5.48. The minimum Gasteiger partial charge on any atom is -0.490 e. The highest BCUT2D eigenvalue weighted by Gasteiger charge is 2.45. The lowest BCUT2D eigenvalue weighted by atomic mass is 9.68. The molecule has 2 aromatic rings. The number of aliphatic hydroxyl groups excluding tert-OH is 1. The van der Waals surface area contributed by atoms with Gasteiger partial charge in [0, 0.05) is 29.1 Å². The fourth-order valence-corrected chi connectivity index (χ4v) is 9.68. The summed E-state index contributed by atoms with van der Waals surface area (Å²) < 4.78 is 35.9. The number of hydrogen-bond acceptors (Lipinski definition) is 6. The van der Waals surface area contributed by atoms with E-state index in [1.165, 1.54) is 11.1 Å². The summed E-state index contributed by atoms with van der Waals surface area (Å²) in [7, 11) is -3.92. The van der Waals surface area contributed by atoms with Gasteiger partial charge in [0.1, 0.15) is 5.75 Å². The van der Waals surface area contributed by atoms with Gasteiger partial charge < -0.3 is 14.7 Å². The molecule has 2 bridgehead atoms. The molecule has 5 aliphatic rings. The van der Waals surface area contributed by atoms with Crippen molar-refractivity contribution in [3.63, 3.8) is 0 Å². The van der Waals surface area contributed by atoms with E-state index in [0.717, 1.165) is 62.2 Å². The highest BCUT2D eigenvalue weighted by atomic mass is 35.5. The summed E-state index contributed by atoms with van der Waals surface area (Å²) in [6.07, 6.45) is 10.8. The average Bonchev–Trinajstić information content (AvgIpc) is 3.81. The zero-order valence-corrected chi connectivity index (χ0v) is 26.2. The minimum atomic E-state index is -3.92. The Morgan fingerprint density at radius 1 is 1.07 bits per heavy atom. The second kappa shape index (κ2) is 11.1. The van der Waals surface area contributed by atoms with Gasteiger partial charge in [-0.1, -0.05) is 29.8 Å². The summed E-state index contributed by atoms with van der Waals surface area (Å²) in [4.78, 5) is 15.8. The number of amides is 1. The van der Waals surface area contributed by atoms with E-state index in [1.807, 2.05) is 24.3 Å². The summed E-state index contributed by atoms with van der Waals surface area (Å²) >= 11 is 6.40. The smallest absolute Gasteiger partial charge is 0.264 e. The first kappa shape index (κ1) is 29.2. The number of ether oxygens (including phenoxy) is 1. The molecule has 230 valence electrons. The molecule has 43 heavy (non-hydrogen) atoms. The molecule has 3 aliphatic carbocycles. The Bertz CT molecular complexity index is 1560. The van der Waals surface area contributed by atoms with Crippen molar-refractivity contribution in [1.82, 2.24) is 4.72 Å². The first-order valence-electron chi connectivity index (χ1n) is 15.8. The third-order valence-electron chi connectivity index (χ3n) is 11.0. The molecule has 2 N–H and O–H groups in total. The fourth-order valence-electron chi connectivity index (χ4n) is 8.13. The van der Waals surface area contributed by atoms with Crippen LogP contribution in [0, 0.1) is 23.7 Å². The monoisotopic (exact) mass is 624 g/mol. The van der Waals surface area contributed by atoms with E-state index in [4.69, 9.17) is 16.3 Å². The van der Waals surface area contributed by atoms with Gasteiger partial charge in [0.2, 0.25) is 10.0 Å². The molecule has 1 unspecified atom stereocenters. The number of nitrogens with zero attached hydrogens (tertiary/aromatic N) is 1. The van der Waals surface area contributed by atoms with Crippen molar-refractivity contribution in [1.29, 1.82) is 0 Å². The first-order valence-corrected chi connectivity index (χ1v) is 17.8. The maximum absolute atomic E-state index is 13.5. The number of nitrogens with one attached hydrogen (secondary N) is 1. The van der Waals surface area contributed by atoms with Gasteiger partial charge in [-0.2, -0.15) is 0 Å². The second-order valence-corrected chi connectivity index (χ2v) is 16.1. The van der Waals surface area contributed by atoms with E-state index < -0.39 is 27.3 Å². The zero-order valence-electron chi connectivity index (χ0n) is 24.7. The maximum atomic E-state index is 13.5. The van der Waals surface area contributed by atoms with E-state index >= 15 is 0 Å². The van der Waals surface area contributed by atoms with Crippen molar-refractivity contribution < 1.29 is 23.1 Å². The van der Waals surface area contributed by atoms with Gasteiger partial charge >= 0.3 is 0 Å². The number of sulfonamides is 1. The Morgan fingerprint density at radius 3 is 2.65 bits per heavy atom. The number of allylic oxidation sites excluding steroid dienone is 1. The van der Waals surface area contributed by atoms with Gasteiger partial charge in [-0.3, -0.25) is 4.79 Å². The van der Waals surface area contributed by atoms with E-state index in [0.29, 0.717) is 42.7 Å². The van der Waals surface area contributed by atoms with Crippen LogP contribution in [0.15, 0.2) is 48.6 Å². The number of carbonyl (C=O) groups excluding carboxylic acids is 1. The van der Waals surface area contributed by atoms with Gasteiger partial charge in [0.25, 0.3) is 5.91 Å². The molecule has 6 atom stereocenters. The van der Waals surface area contributed by atoms with Gasteiger partial charge in [-0.25, -0.2) is 13.1 Å². The Kier molecular flexibility index (Phi) is 7.54. The number of fused-ring (bicyclic) bond motifs is 4. The number of rotatable bonds is 1. The largest absolute Gasteiger partial charge is 0.490 e. The summed E-state index contributed by atoms with van der Waals surface area (Å²) in [5, 5.41) is 11.3. The number of anilines is 1. The van der Waals surface area contributed by atoms with Crippen LogP contribution < -0.4 is 14.4 Å². The highest BCUT2D eigenvalue weighted by Crippen LogP contribution is 2.47. The number of aryl methyl sites for hydroxylation is 1. The zero-order chi connectivity index (χ0) is 29.9. The molecule has 2 aliphatic heterocycles. The van der Waals surface area contributed by atoms with Crippen LogP contribution >= 0.6 is 11.6 Å². The Balaban J connectivity index is 1.28. The van der Waals surface area contributed by atoms with Crippen molar-refractivity contribution >= 4 is 33.2 Å². The average molecular weight is 625 g/mol. The minimum absolute atomic E-state index is 0.0979. The molecule has 7 nitrogen and oxygen atoms in total. The van der Waals surface area contributed by atoms with E-state index in [-0.39, 0.29) is 17.3 Å². The van der Waals surface area contributed by atoms with Crippen molar-refractivity contribution in [2.24, 2.45) is 23.7 Å². The fraction of sp³-hybridized carbons (Fsp3) is 0.559. The van der Waals surface area contributed by atoms with Gasteiger partial charge in [-0.05, 0) is 123 Å². The van der Waals surface area contributed by atoms with Crippen molar-refractivity contribution in [3.05, 3.63) is 70.3 Å². The molecule has 0 radical (unpaired) electrons. The normalized spacial score (nSPS) is 34.5. The molecule has 7 rings (SSSR count). The van der Waals surface area contributed by atoms with Crippen LogP contribution in [-0.2, 0) is 21.9 Å². The molecule has 2 aromatic carbocycles. The summed E-state index contributed by atoms with van der Waals surface area (Å²) in [6, 6.07) is 11.5. The molecule has 1 amide bonds. The Hall–Kier alpha value is -2.55. The van der Waals surface area contributed by atoms with E-state index in [2.05, 4.69) is 21.8 Å². The lowest BCUT2D eigenvalue weighted by Crippen LogP contribution is -2.49. The topological polar surface area (TPSA) is 95.9 Å². The SMILES string of the molecule is C[C@H]1[C@@H](C2CC2)C/C=C/[C@H](O)C2CC[C@H]2CN2C[C@@]3(CCCc4cc(Cl)ccc43)COc3ccc(cc32)C(=O)NS1(=O)=O. The Morgan fingerprint density at radius 2 is 1.88 bits per heavy atom. The number of aliphatic hydroxyl groups is 1. The lowest BCUT2D eigenvalue weighted by molar-refractivity contribution is 0.0455. The maximum Gasteiger partial charge on any atom is 0.264 e. The molecule has 9 heteroatoms. The van der Waals surface area contributed by atoms with Crippen LogP contribution in [0.3, 0.4) is 0 Å². The standard InChI is InChI=1S/C34H41ClN2O5S/c1-21-27(22-7-8-22)5-2-6-31(38)28-12-9-25(28)18-37-19-34(15-3-4-23-16-26(35)11-13-29(23)34)20-42-32-14-10-24(17-30(32)37)33(39)36-43(21,40)41/h2,6,10-11,13-14,16-17,21-22,25,27-28,31,38H,3-5,7-9,12,15,18-20H2,1H3,(H,36,39)/b6-2+/t21-,25-,27-,28?,31-,34-/m0/s1. The van der Waals surface area contributed by atoms with Gasteiger partial charge in [-0.15, -0.1) is 0 Å². The van der Waals surface area contributed by atoms with Crippen LogP contribution in [0.25, 0.3) is 0 Å². The molecule has 1 spiro atoms. The van der Waals surface area contributed by atoms with E-state index in [9.17, 15) is 18.3 Å². The predicted octanol–water partition coefficient (Wildman–Crippen LogP) is 5.63. The first-order chi connectivity index (χ1) is 20.6. The quantitative estimate of drug-likeness (QED) is 0.399. The van der Waals surface area contributed by atoms with Crippen LogP contribution in [0.4, 0.5) is 5.69 Å². The summed E-state index contributed by atoms with van der Waals surface area (Å²) in [6.45, 7) is 3.63. The van der Waals surface area contributed by atoms with Crippen molar-refractivity contribution in [3.8, 4) is 5.75 Å². The van der Waals surface area contributed by atoms with Crippen molar-refractivity contribution in [2.75, 3.05) is 24.6 Å². The Labute approximate surface area is 259 Å². The van der Waals surface area contributed by atoms with Crippen LogP contribution in [-0.4, -0.2) is 50.5 Å². The van der Waals surface area contributed by atoms with Gasteiger partial charge in [0.15, 0.2) is 0 Å². The lowest BCUT2D eigenvalue weighted by Gasteiger charge is -2.45. The number of carbonyl (C=O) groups is 1. The van der Waals surface area contributed by atoms with E-state index in [1.54, 1.807) is 19.1 Å². The molecule has 0 aromatic heterocycles. The third-order valence-corrected chi connectivity index (χ3v) is 13.0. The predicted molar refractivity (Wildman–Crippen MR) is 168 cm³/mol. The highest BCUT2D eigenvalue weighted by molar-refractivity contribution is 7.90. The molecule has 2 fully saturated rings. The van der Waals surface area contributed by atoms with Crippen LogP contribution in [0.5, 0.6) is 5.75 Å². The molecule has 2 heterocycles. The number of hydrogen-bond donors (Lipinski definition) is 2. The number of benzene rings is 2. The van der Waals surface area contributed by atoms with Crippen LogP contribution in [0.1, 0.15) is 73.4 Å². The molecular formula is C34H41ClN2O5S. The summed E-state index contributed by atoms with van der Waals surface area (Å²) in [5.41, 5.74) is 3.37. The van der Waals surface area contributed by atoms with Crippen LogP contribution in [0.2, 0.25) is 5.02 Å². The summed E-state index contributed by atoms with van der Waals surface area (Å²) in [5.74, 6) is 0.735. The molecule has 2 saturated carbocycles. The van der Waals surface area contributed by atoms with Gasteiger partial charge in [0.05, 0.1) is 23.6 Å². The van der Waals surface area contributed by atoms with Crippen molar-refractivity contribution in [2.45, 2.75) is 75.1 Å².